The first-order valence-corrected chi connectivity index (χ1v) is 7.14. The number of β-amino-alcohol motifs (C(OH)–C–C–N with tert-alkyl or cyclic N) is 1. The van der Waals surface area contributed by atoms with Crippen molar-refractivity contribution in [2.45, 2.75) is 39.2 Å². The minimum atomic E-state index is -0.255. The van der Waals surface area contributed by atoms with Crippen LogP contribution in [-0.2, 0) is 11.2 Å². The van der Waals surface area contributed by atoms with Gasteiger partial charge in [-0.1, -0.05) is 6.92 Å². The molecular formula is C14H22N4O2. The van der Waals surface area contributed by atoms with E-state index in [0.717, 1.165) is 31.5 Å². The highest BCUT2D eigenvalue weighted by Gasteiger charge is 2.28. The van der Waals surface area contributed by atoms with E-state index in [1.165, 1.54) is 0 Å². The molecule has 2 rings (SSSR count). The number of aliphatic hydroxyl groups is 1. The van der Waals surface area contributed by atoms with E-state index in [2.05, 4.69) is 15.3 Å². The molecule has 1 fully saturated rings. The van der Waals surface area contributed by atoms with Gasteiger partial charge in [-0.2, -0.15) is 0 Å². The van der Waals surface area contributed by atoms with Gasteiger partial charge in [-0.15, -0.1) is 0 Å². The Kier molecular flexibility index (Phi) is 4.89. The molecule has 1 aromatic heterocycles. The van der Waals surface area contributed by atoms with Crippen LogP contribution in [0.25, 0.3) is 0 Å². The van der Waals surface area contributed by atoms with Gasteiger partial charge in [0.25, 0.3) is 0 Å². The van der Waals surface area contributed by atoms with Gasteiger partial charge in [-0.25, -0.2) is 9.97 Å². The number of carbonyl (C=O) groups is 1. The number of hydrogen-bond donors (Lipinski definition) is 2. The fourth-order valence-electron chi connectivity index (χ4n) is 2.48. The second-order valence-electron chi connectivity index (χ2n) is 5.03. The standard InChI is InChI=1S/C14H22N4O2/c1-3-11-9-13(16-10(2)15-11)17-12-5-4-6-18(7-8-19)14(12)20/h9,12,19H,3-8H2,1-2H3,(H,15,16,17)/t12-/m0/s1. The molecule has 1 amide bonds. The van der Waals surface area contributed by atoms with Crippen LogP contribution in [0.1, 0.15) is 31.3 Å². The summed E-state index contributed by atoms with van der Waals surface area (Å²) < 4.78 is 0. The van der Waals surface area contributed by atoms with E-state index in [1.54, 1.807) is 4.90 Å². The first kappa shape index (κ1) is 14.7. The van der Waals surface area contributed by atoms with Crippen LogP contribution in [0.2, 0.25) is 0 Å². The smallest absolute Gasteiger partial charge is 0.245 e. The van der Waals surface area contributed by atoms with Crippen LogP contribution in [0, 0.1) is 6.92 Å². The number of likely N-dealkylation sites (tertiary alicyclic amines) is 1. The van der Waals surface area contributed by atoms with Gasteiger partial charge in [0, 0.05) is 24.8 Å². The second kappa shape index (κ2) is 6.65. The summed E-state index contributed by atoms with van der Waals surface area (Å²) in [5.74, 6) is 1.46. The molecule has 110 valence electrons. The Labute approximate surface area is 119 Å². The largest absolute Gasteiger partial charge is 0.395 e. The number of hydrogen-bond acceptors (Lipinski definition) is 5. The predicted octanol–water partition coefficient (Wildman–Crippen LogP) is 0.743. The van der Waals surface area contributed by atoms with Gasteiger partial charge >= 0.3 is 0 Å². The minimum Gasteiger partial charge on any atom is -0.395 e. The number of nitrogens with zero attached hydrogens (tertiary/aromatic N) is 3. The average molecular weight is 278 g/mol. The van der Waals surface area contributed by atoms with Crippen LogP contribution in [0.15, 0.2) is 6.07 Å². The SMILES string of the molecule is CCc1cc(N[C@H]2CCCN(CCO)C2=O)nc(C)n1. The van der Waals surface area contributed by atoms with Crippen LogP contribution in [0.4, 0.5) is 5.82 Å². The molecule has 0 spiro atoms. The molecule has 1 saturated heterocycles. The number of aryl methyl sites for hydroxylation is 2. The van der Waals surface area contributed by atoms with Gasteiger partial charge < -0.3 is 15.3 Å². The number of nitrogens with one attached hydrogen (secondary N) is 1. The molecule has 0 aromatic carbocycles. The minimum absolute atomic E-state index is 0.00502. The highest BCUT2D eigenvalue weighted by atomic mass is 16.3. The van der Waals surface area contributed by atoms with Crippen LogP contribution in [-0.4, -0.2) is 51.6 Å². The summed E-state index contributed by atoms with van der Waals surface area (Å²) in [4.78, 5) is 22.6. The zero-order chi connectivity index (χ0) is 14.5. The maximum absolute atomic E-state index is 12.3. The lowest BCUT2D eigenvalue weighted by Gasteiger charge is -2.32. The van der Waals surface area contributed by atoms with E-state index in [-0.39, 0.29) is 18.6 Å². The van der Waals surface area contributed by atoms with Gasteiger partial charge in [-0.05, 0) is 26.2 Å². The normalized spacial score (nSPS) is 19.2. The van der Waals surface area contributed by atoms with Crippen molar-refractivity contribution in [2.75, 3.05) is 25.0 Å². The van der Waals surface area contributed by atoms with Crippen molar-refractivity contribution >= 4 is 11.7 Å². The quantitative estimate of drug-likeness (QED) is 0.830. The molecule has 0 bridgehead atoms. The van der Waals surface area contributed by atoms with E-state index >= 15 is 0 Å². The molecule has 1 aromatic rings. The molecule has 1 aliphatic rings. The number of aromatic nitrogens is 2. The van der Waals surface area contributed by atoms with E-state index in [1.807, 2.05) is 19.9 Å². The zero-order valence-corrected chi connectivity index (χ0v) is 12.1. The maximum Gasteiger partial charge on any atom is 0.245 e. The second-order valence-corrected chi connectivity index (χ2v) is 5.03. The van der Waals surface area contributed by atoms with E-state index in [9.17, 15) is 4.79 Å². The maximum atomic E-state index is 12.3. The summed E-state index contributed by atoms with van der Waals surface area (Å²) in [7, 11) is 0. The summed E-state index contributed by atoms with van der Waals surface area (Å²) in [5.41, 5.74) is 0.968. The van der Waals surface area contributed by atoms with E-state index in [4.69, 9.17) is 5.11 Å². The molecule has 6 heteroatoms. The average Bonchev–Trinajstić information content (AvgIpc) is 2.43. The van der Waals surface area contributed by atoms with Crippen molar-refractivity contribution in [2.24, 2.45) is 0 Å². The summed E-state index contributed by atoms with van der Waals surface area (Å²) in [6.45, 7) is 5.02. The van der Waals surface area contributed by atoms with Crippen molar-refractivity contribution in [1.29, 1.82) is 0 Å². The van der Waals surface area contributed by atoms with Crippen molar-refractivity contribution in [3.63, 3.8) is 0 Å². The number of carbonyl (C=O) groups excluding carboxylic acids is 1. The molecule has 0 aliphatic carbocycles. The van der Waals surface area contributed by atoms with Gasteiger partial charge in [-0.3, -0.25) is 4.79 Å². The Morgan fingerprint density at radius 3 is 3.00 bits per heavy atom. The predicted molar refractivity (Wildman–Crippen MR) is 76.5 cm³/mol. The monoisotopic (exact) mass is 278 g/mol. The fraction of sp³-hybridized carbons (Fsp3) is 0.643. The lowest BCUT2D eigenvalue weighted by Crippen LogP contribution is -2.48. The third-order valence-electron chi connectivity index (χ3n) is 3.48. The number of piperidine rings is 1. The van der Waals surface area contributed by atoms with Crippen molar-refractivity contribution in [1.82, 2.24) is 14.9 Å². The van der Waals surface area contributed by atoms with Gasteiger partial charge in [0.2, 0.25) is 5.91 Å². The molecule has 0 unspecified atom stereocenters. The van der Waals surface area contributed by atoms with Gasteiger partial charge in [0.15, 0.2) is 0 Å². The van der Waals surface area contributed by atoms with E-state index in [0.29, 0.717) is 18.2 Å². The Balaban J connectivity index is 2.08. The van der Waals surface area contributed by atoms with Gasteiger partial charge in [0.1, 0.15) is 17.7 Å². The first-order chi connectivity index (χ1) is 9.63. The van der Waals surface area contributed by atoms with Gasteiger partial charge in [0.05, 0.1) is 6.61 Å². The van der Waals surface area contributed by atoms with Crippen LogP contribution in [0.5, 0.6) is 0 Å². The molecule has 0 saturated carbocycles. The van der Waals surface area contributed by atoms with Crippen molar-refractivity contribution in [3.05, 3.63) is 17.6 Å². The summed E-state index contributed by atoms with van der Waals surface area (Å²) in [5, 5.41) is 12.2. The molecule has 1 atom stereocenters. The highest BCUT2D eigenvalue weighted by molar-refractivity contribution is 5.85. The Hall–Kier alpha value is -1.69. The third kappa shape index (κ3) is 3.45. The summed E-state index contributed by atoms with van der Waals surface area (Å²) in [6, 6.07) is 1.64. The zero-order valence-electron chi connectivity index (χ0n) is 12.1. The fourth-order valence-corrected chi connectivity index (χ4v) is 2.48. The van der Waals surface area contributed by atoms with Crippen LogP contribution >= 0.6 is 0 Å². The lowest BCUT2D eigenvalue weighted by molar-refractivity contribution is -0.134. The molecule has 2 heterocycles. The molecule has 6 nitrogen and oxygen atoms in total. The number of aliphatic hydroxyl groups excluding tert-OH is 1. The molecule has 2 N–H and O–H groups in total. The summed E-state index contributed by atoms with van der Waals surface area (Å²) in [6.07, 6.45) is 2.58. The highest BCUT2D eigenvalue weighted by Crippen LogP contribution is 2.16. The first-order valence-electron chi connectivity index (χ1n) is 7.14. The topological polar surface area (TPSA) is 78.4 Å². The Morgan fingerprint density at radius 1 is 1.50 bits per heavy atom. The van der Waals surface area contributed by atoms with Crippen molar-refractivity contribution < 1.29 is 9.90 Å². The number of amides is 1. The number of anilines is 1. The summed E-state index contributed by atoms with van der Waals surface area (Å²) >= 11 is 0. The van der Waals surface area contributed by atoms with Crippen molar-refractivity contribution in [3.8, 4) is 0 Å². The molecule has 0 radical (unpaired) electrons. The molecule has 1 aliphatic heterocycles. The molecular weight excluding hydrogens is 256 g/mol. The number of rotatable bonds is 5. The van der Waals surface area contributed by atoms with Crippen LogP contribution in [0.3, 0.4) is 0 Å². The van der Waals surface area contributed by atoms with Crippen LogP contribution < -0.4 is 5.32 Å². The van der Waals surface area contributed by atoms with E-state index < -0.39 is 0 Å². The lowest BCUT2D eigenvalue weighted by atomic mass is 10.0. The Morgan fingerprint density at radius 2 is 2.30 bits per heavy atom. The molecule has 20 heavy (non-hydrogen) atoms. The Bertz CT molecular complexity index is 476. The third-order valence-corrected chi connectivity index (χ3v) is 3.48.